The maximum absolute atomic E-state index is 11.4. The molecule has 2 N–H and O–H groups in total. The quantitative estimate of drug-likeness (QED) is 0.807. The first-order chi connectivity index (χ1) is 7.83. The Balaban J connectivity index is 2.88. The number of carbonyl (C=O) groups excluding carboxylic acids is 1. The van der Waals surface area contributed by atoms with Crippen LogP contribution >= 0.6 is 0 Å². The van der Waals surface area contributed by atoms with E-state index in [0.717, 1.165) is 5.69 Å². The molecule has 0 unspecified atom stereocenters. The van der Waals surface area contributed by atoms with Crippen molar-refractivity contribution in [2.45, 2.75) is 19.4 Å². The van der Waals surface area contributed by atoms with Gasteiger partial charge < -0.3 is 15.3 Å². The van der Waals surface area contributed by atoms with Gasteiger partial charge in [0.1, 0.15) is 5.69 Å². The molecule has 0 bridgehead atoms. The Bertz CT molecular complexity index is 399. The van der Waals surface area contributed by atoms with Crippen molar-refractivity contribution in [2.75, 3.05) is 25.5 Å². The van der Waals surface area contributed by atoms with E-state index in [1.165, 1.54) is 0 Å². The predicted molar refractivity (Wildman–Crippen MR) is 67.2 cm³/mol. The number of aromatic nitrogens is 1. The van der Waals surface area contributed by atoms with Gasteiger partial charge in [-0.15, -0.1) is 0 Å². The van der Waals surface area contributed by atoms with Crippen LogP contribution in [0.15, 0.2) is 18.3 Å². The third-order valence-electron chi connectivity index (χ3n) is 2.27. The van der Waals surface area contributed by atoms with Crippen LogP contribution in [0.4, 0.5) is 5.69 Å². The molecule has 0 saturated heterocycles. The Morgan fingerprint density at radius 3 is 2.76 bits per heavy atom. The zero-order valence-electron chi connectivity index (χ0n) is 10.7. The summed E-state index contributed by atoms with van der Waals surface area (Å²) in [5, 5.41) is 12.3. The van der Waals surface area contributed by atoms with Crippen LogP contribution in [-0.4, -0.2) is 42.2 Å². The third kappa shape index (κ3) is 4.03. The highest BCUT2D eigenvalue weighted by molar-refractivity contribution is 5.92. The maximum atomic E-state index is 11.4. The molecular weight excluding hydrogens is 218 g/mol. The van der Waals surface area contributed by atoms with Crippen molar-refractivity contribution in [3.8, 4) is 0 Å². The molecule has 0 aromatic carbocycles. The topological polar surface area (TPSA) is 65.5 Å². The second-order valence-corrected chi connectivity index (χ2v) is 4.65. The first-order valence-electron chi connectivity index (χ1n) is 5.45. The molecule has 5 heteroatoms. The van der Waals surface area contributed by atoms with Gasteiger partial charge in [0, 0.05) is 32.5 Å². The summed E-state index contributed by atoms with van der Waals surface area (Å²) in [6, 6.07) is 3.50. The number of hydrogen-bond donors (Lipinski definition) is 2. The van der Waals surface area contributed by atoms with E-state index in [4.69, 9.17) is 0 Å². The largest absolute Gasteiger partial charge is 0.389 e. The third-order valence-corrected chi connectivity index (χ3v) is 2.27. The van der Waals surface area contributed by atoms with Crippen LogP contribution < -0.4 is 10.2 Å². The van der Waals surface area contributed by atoms with Crippen LogP contribution in [0.5, 0.6) is 0 Å². The lowest BCUT2D eigenvalue weighted by atomic mass is 10.1. The zero-order valence-corrected chi connectivity index (χ0v) is 10.7. The van der Waals surface area contributed by atoms with Crippen LogP contribution in [-0.2, 0) is 0 Å². The van der Waals surface area contributed by atoms with Gasteiger partial charge in [-0.05, 0) is 26.0 Å². The second kappa shape index (κ2) is 5.14. The van der Waals surface area contributed by atoms with E-state index in [1.807, 2.05) is 11.9 Å². The monoisotopic (exact) mass is 237 g/mol. The van der Waals surface area contributed by atoms with Gasteiger partial charge in [-0.1, -0.05) is 0 Å². The highest BCUT2D eigenvalue weighted by Gasteiger charge is 2.16. The van der Waals surface area contributed by atoms with Crippen LogP contribution in [0.1, 0.15) is 24.3 Å². The highest BCUT2D eigenvalue weighted by atomic mass is 16.3. The fourth-order valence-electron chi connectivity index (χ4n) is 1.58. The van der Waals surface area contributed by atoms with Crippen molar-refractivity contribution in [3.05, 3.63) is 24.0 Å². The Hall–Kier alpha value is -1.62. The average Bonchev–Trinajstić information content (AvgIpc) is 2.26. The Morgan fingerprint density at radius 1 is 1.59 bits per heavy atom. The molecule has 0 fully saturated rings. The fourth-order valence-corrected chi connectivity index (χ4v) is 1.58. The van der Waals surface area contributed by atoms with Crippen molar-refractivity contribution in [2.24, 2.45) is 0 Å². The molecule has 0 aliphatic carbocycles. The number of pyridine rings is 1. The Morgan fingerprint density at radius 2 is 2.24 bits per heavy atom. The molecule has 0 spiro atoms. The first-order valence-corrected chi connectivity index (χ1v) is 5.45. The van der Waals surface area contributed by atoms with E-state index in [2.05, 4.69) is 10.3 Å². The molecule has 5 nitrogen and oxygen atoms in total. The lowest BCUT2D eigenvalue weighted by Gasteiger charge is -2.27. The summed E-state index contributed by atoms with van der Waals surface area (Å²) in [5.41, 5.74) is 0.430. The highest BCUT2D eigenvalue weighted by Crippen LogP contribution is 2.15. The van der Waals surface area contributed by atoms with Crippen molar-refractivity contribution in [1.29, 1.82) is 0 Å². The molecule has 0 atom stereocenters. The summed E-state index contributed by atoms with van der Waals surface area (Å²) in [7, 11) is 3.43. The minimum Gasteiger partial charge on any atom is -0.389 e. The van der Waals surface area contributed by atoms with E-state index in [-0.39, 0.29) is 5.91 Å². The van der Waals surface area contributed by atoms with Gasteiger partial charge in [0.2, 0.25) is 0 Å². The second-order valence-electron chi connectivity index (χ2n) is 4.65. The van der Waals surface area contributed by atoms with Gasteiger partial charge in [0.25, 0.3) is 5.91 Å². The molecule has 1 rings (SSSR count). The molecule has 1 heterocycles. The molecular formula is C12H19N3O2. The summed E-state index contributed by atoms with van der Waals surface area (Å²) < 4.78 is 0. The number of nitrogens with one attached hydrogen (secondary N) is 1. The number of amides is 1. The van der Waals surface area contributed by atoms with Gasteiger partial charge in [0.05, 0.1) is 5.60 Å². The van der Waals surface area contributed by atoms with Crippen LogP contribution in [0.3, 0.4) is 0 Å². The van der Waals surface area contributed by atoms with Gasteiger partial charge in [-0.2, -0.15) is 0 Å². The van der Waals surface area contributed by atoms with Gasteiger partial charge in [0.15, 0.2) is 0 Å². The molecule has 1 aromatic heterocycles. The number of hydrogen-bond acceptors (Lipinski definition) is 4. The van der Waals surface area contributed by atoms with Gasteiger partial charge in [-0.3, -0.25) is 9.78 Å². The Labute approximate surface area is 101 Å². The normalized spacial score (nSPS) is 11.1. The standard InChI is InChI=1S/C12H19N3O2/c1-12(2,17)8-15(4)9-5-6-14-10(7-9)11(16)13-3/h5-7,17H,8H2,1-4H3,(H,13,16). The van der Waals surface area contributed by atoms with Crippen LogP contribution in [0.2, 0.25) is 0 Å². The van der Waals surface area contributed by atoms with Gasteiger partial charge >= 0.3 is 0 Å². The van der Waals surface area contributed by atoms with E-state index in [9.17, 15) is 9.90 Å². The molecule has 0 saturated carbocycles. The van der Waals surface area contributed by atoms with Crippen molar-refractivity contribution >= 4 is 11.6 Å². The number of nitrogens with zero attached hydrogens (tertiary/aromatic N) is 2. The van der Waals surface area contributed by atoms with E-state index in [0.29, 0.717) is 12.2 Å². The zero-order chi connectivity index (χ0) is 13.1. The maximum Gasteiger partial charge on any atom is 0.269 e. The first kappa shape index (κ1) is 13.4. The molecule has 1 aromatic rings. The number of aliphatic hydroxyl groups is 1. The van der Waals surface area contributed by atoms with E-state index < -0.39 is 5.60 Å². The molecule has 17 heavy (non-hydrogen) atoms. The van der Waals surface area contributed by atoms with Crippen molar-refractivity contribution in [1.82, 2.24) is 10.3 Å². The van der Waals surface area contributed by atoms with Gasteiger partial charge in [-0.25, -0.2) is 0 Å². The van der Waals surface area contributed by atoms with E-state index in [1.54, 1.807) is 39.2 Å². The molecule has 0 aliphatic rings. The molecule has 0 radical (unpaired) electrons. The summed E-state index contributed by atoms with van der Waals surface area (Å²) in [6.07, 6.45) is 1.58. The fraction of sp³-hybridized carbons (Fsp3) is 0.500. The van der Waals surface area contributed by atoms with Crippen LogP contribution in [0, 0.1) is 0 Å². The molecule has 0 aliphatic heterocycles. The number of anilines is 1. The van der Waals surface area contributed by atoms with Crippen molar-refractivity contribution < 1.29 is 9.90 Å². The number of carbonyl (C=O) groups is 1. The lowest BCUT2D eigenvalue weighted by molar-refractivity contribution is 0.0886. The average molecular weight is 237 g/mol. The van der Waals surface area contributed by atoms with Crippen molar-refractivity contribution in [3.63, 3.8) is 0 Å². The summed E-state index contributed by atoms with van der Waals surface area (Å²) in [5.74, 6) is -0.219. The number of rotatable bonds is 4. The minimum absolute atomic E-state index is 0.219. The molecule has 94 valence electrons. The summed E-state index contributed by atoms with van der Waals surface area (Å²) >= 11 is 0. The SMILES string of the molecule is CNC(=O)c1cc(N(C)CC(C)(C)O)ccn1. The molecule has 1 amide bonds. The lowest BCUT2D eigenvalue weighted by Crippen LogP contribution is -2.36. The summed E-state index contributed by atoms with van der Waals surface area (Å²) in [6.45, 7) is 3.96. The van der Waals surface area contributed by atoms with Crippen LogP contribution in [0.25, 0.3) is 0 Å². The van der Waals surface area contributed by atoms with E-state index >= 15 is 0 Å². The summed E-state index contributed by atoms with van der Waals surface area (Å²) in [4.78, 5) is 17.3. The predicted octanol–water partition coefficient (Wildman–Crippen LogP) is 0.648. The Kier molecular flexibility index (Phi) is 4.07. The smallest absolute Gasteiger partial charge is 0.269 e. The minimum atomic E-state index is -0.787. The number of likely N-dealkylation sites (N-methyl/N-ethyl adjacent to an activating group) is 1.